The molecule has 2 aromatic rings. The van der Waals surface area contributed by atoms with Crippen LogP contribution in [-0.2, 0) is 13.5 Å². The van der Waals surface area contributed by atoms with Gasteiger partial charge in [0, 0.05) is 18.6 Å². The number of fused-ring (bicyclic) bond motifs is 1. The Kier molecular flexibility index (Phi) is 3.31. The minimum absolute atomic E-state index is 0.0909. The molecule has 2 nitrogen and oxygen atoms in total. The van der Waals surface area contributed by atoms with Gasteiger partial charge in [0.1, 0.15) is 5.82 Å². The molecule has 19 heavy (non-hydrogen) atoms. The van der Waals surface area contributed by atoms with Gasteiger partial charge in [-0.25, -0.2) is 4.39 Å². The molecule has 2 heterocycles. The van der Waals surface area contributed by atoms with Gasteiger partial charge in [-0.3, -0.25) is 0 Å². The van der Waals surface area contributed by atoms with Crippen molar-refractivity contribution in [2.45, 2.75) is 26.2 Å². The van der Waals surface area contributed by atoms with E-state index in [2.05, 4.69) is 11.4 Å². The average Bonchev–Trinajstić information content (AvgIpc) is 2.66. The molecule has 1 aromatic carbocycles. The Morgan fingerprint density at radius 3 is 3.00 bits per heavy atom. The van der Waals surface area contributed by atoms with Crippen molar-refractivity contribution in [1.29, 1.82) is 0 Å². The van der Waals surface area contributed by atoms with Crippen molar-refractivity contribution in [3.05, 3.63) is 35.3 Å². The van der Waals surface area contributed by atoms with E-state index >= 15 is 0 Å². The first kappa shape index (κ1) is 12.7. The first-order chi connectivity index (χ1) is 9.15. The zero-order valence-electron chi connectivity index (χ0n) is 11.7. The van der Waals surface area contributed by atoms with Crippen molar-refractivity contribution in [3.8, 4) is 0 Å². The molecule has 1 aliphatic heterocycles. The number of hydrogen-bond acceptors (Lipinski definition) is 1. The van der Waals surface area contributed by atoms with Gasteiger partial charge in [0.2, 0.25) is 0 Å². The van der Waals surface area contributed by atoms with E-state index in [0.29, 0.717) is 5.92 Å². The van der Waals surface area contributed by atoms with Gasteiger partial charge in [-0.15, -0.1) is 0 Å². The number of halogens is 1. The van der Waals surface area contributed by atoms with Gasteiger partial charge in [0.15, 0.2) is 0 Å². The number of aryl methyl sites for hydroxylation is 2. The Labute approximate surface area is 113 Å². The fraction of sp³-hybridized carbons (Fsp3) is 0.500. The predicted molar refractivity (Wildman–Crippen MR) is 76.9 cm³/mol. The Balaban J connectivity index is 1.94. The molecule has 1 atom stereocenters. The Morgan fingerprint density at radius 1 is 1.42 bits per heavy atom. The second-order valence-electron chi connectivity index (χ2n) is 5.81. The zero-order chi connectivity index (χ0) is 13.4. The average molecular weight is 260 g/mol. The third-order valence-corrected chi connectivity index (χ3v) is 4.21. The molecule has 3 rings (SSSR count). The second kappa shape index (κ2) is 4.97. The molecule has 3 heteroatoms. The summed E-state index contributed by atoms with van der Waals surface area (Å²) in [5.41, 5.74) is 3.01. The molecule has 1 aromatic heterocycles. The largest absolute Gasteiger partial charge is 0.348 e. The molecule has 1 aliphatic rings. The van der Waals surface area contributed by atoms with E-state index in [-0.39, 0.29) is 5.82 Å². The summed E-state index contributed by atoms with van der Waals surface area (Å²) < 4.78 is 16.1. The Morgan fingerprint density at radius 2 is 2.26 bits per heavy atom. The first-order valence-corrected chi connectivity index (χ1v) is 7.10. The maximum atomic E-state index is 14.2. The molecule has 0 radical (unpaired) electrons. The molecule has 102 valence electrons. The third-order valence-electron chi connectivity index (χ3n) is 4.21. The molecule has 1 saturated heterocycles. The molecule has 0 amide bonds. The predicted octanol–water partition coefficient (Wildman–Crippen LogP) is 3.17. The highest BCUT2D eigenvalue weighted by Gasteiger charge is 2.16. The van der Waals surface area contributed by atoms with Crippen molar-refractivity contribution in [1.82, 2.24) is 9.88 Å². The summed E-state index contributed by atoms with van der Waals surface area (Å²) in [5, 5.41) is 4.48. The number of benzene rings is 1. The number of piperidine rings is 1. The van der Waals surface area contributed by atoms with E-state index in [1.807, 2.05) is 24.7 Å². The van der Waals surface area contributed by atoms with Gasteiger partial charge in [0.05, 0.1) is 5.52 Å². The van der Waals surface area contributed by atoms with Crippen LogP contribution in [0.1, 0.15) is 24.0 Å². The minimum Gasteiger partial charge on any atom is -0.348 e. The highest BCUT2D eigenvalue weighted by Crippen LogP contribution is 2.26. The van der Waals surface area contributed by atoms with Gasteiger partial charge in [-0.05, 0) is 68.5 Å². The van der Waals surface area contributed by atoms with Gasteiger partial charge < -0.3 is 9.88 Å². The molecule has 1 N–H and O–H groups in total. The molecular formula is C16H21FN2. The zero-order valence-corrected chi connectivity index (χ0v) is 11.7. The lowest BCUT2D eigenvalue weighted by Gasteiger charge is -2.22. The van der Waals surface area contributed by atoms with Crippen molar-refractivity contribution in [3.63, 3.8) is 0 Å². The summed E-state index contributed by atoms with van der Waals surface area (Å²) in [5.74, 6) is 0.557. The van der Waals surface area contributed by atoms with Crippen LogP contribution in [0, 0.1) is 18.7 Å². The molecule has 0 spiro atoms. The van der Waals surface area contributed by atoms with Crippen LogP contribution in [0.15, 0.2) is 18.3 Å². The van der Waals surface area contributed by atoms with Crippen LogP contribution in [0.2, 0.25) is 0 Å². The normalized spacial score (nSPS) is 20.1. The topological polar surface area (TPSA) is 17.0 Å². The number of nitrogens with zero attached hydrogens (tertiary/aromatic N) is 1. The third kappa shape index (κ3) is 2.39. The summed E-state index contributed by atoms with van der Waals surface area (Å²) in [6.45, 7) is 4.24. The molecule has 1 unspecified atom stereocenters. The summed E-state index contributed by atoms with van der Waals surface area (Å²) in [4.78, 5) is 0. The van der Waals surface area contributed by atoms with Crippen LogP contribution in [0.5, 0.6) is 0 Å². The van der Waals surface area contributed by atoms with Gasteiger partial charge in [-0.2, -0.15) is 0 Å². The molecule has 0 saturated carbocycles. The van der Waals surface area contributed by atoms with Crippen LogP contribution in [0.4, 0.5) is 4.39 Å². The smallest absolute Gasteiger partial charge is 0.147 e. The van der Waals surface area contributed by atoms with Gasteiger partial charge in [-0.1, -0.05) is 0 Å². The van der Waals surface area contributed by atoms with Gasteiger partial charge in [0.25, 0.3) is 0 Å². The lowest BCUT2D eigenvalue weighted by Crippen LogP contribution is -2.30. The van der Waals surface area contributed by atoms with Crippen molar-refractivity contribution in [2.24, 2.45) is 13.0 Å². The van der Waals surface area contributed by atoms with Crippen molar-refractivity contribution >= 4 is 10.9 Å². The number of hydrogen-bond donors (Lipinski definition) is 1. The van der Waals surface area contributed by atoms with E-state index in [1.165, 1.54) is 12.8 Å². The van der Waals surface area contributed by atoms with E-state index < -0.39 is 0 Å². The summed E-state index contributed by atoms with van der Waals surface area (Å²) >= 11 is 0. The van der Waals surface area contributed by atoms with Crippen LogP contribution in [0.3, 0.4) is 0 Å². The Bertz CT molecular complexity index is 594. The van der Waals surface area contributed by atoms with E-state index in [9.17, 15) is 4.39 Å². The van der Waals surface area contributed by atoms with E-state index in [1.54, 1.807) is 6.07 Å². The van der Waals surface area contributed by atoms with Crippen LogP contribution < -0.4 is 5.32 Å². The van der Waals surface area contributed by atoms with Crippen molar-refractivity contribution in [2.75, 3.05) is 13.1 Å². The molecular weight excluding hydrogens is 239 g/mol. The number of rotatable bonds is 2. The van der Waals surface area contributed by atoms with Gasteiger partial charge >= 0.3 is 0 Å². The fourth-order valence-electron chi connectivity index (χ4n) is 3.29. The minimum atomic E-state index is -0.0909. The van der Waals surface area contributed by atoms with Crippen molar-refractivity contribution < 1.29 is 4.39 Å². The maximum absolute atomic E-state index is 14.2. The number of nitrogens with one attached hydrogen (secondary N) is 1. The fourth-order valence-corrected chi connectivity index (χ4v) is 3.29. The SMILES string of the molecule is Cc1cn(C)c2c(F)cc(CC3CCCNC3)cc12. The lowest BCUT2D eigenvalue weighted by atomic mass is 9.91. The molecule has 1 fully saturated rings. The maximum Gasteiger partial charge on any atom is 0.147 e. The van der Waals surface area contributed by atoms with Crippen LogP contribution in [-0.4, -0.2) is 17.7 Å². The highest BCUT2D eigenvalue weighted by molar-refractivity contribution is 5.85. The van der Waals surface area contributed by atoms with Crippen LogP contribution >= 0.6 is 0 Å². The summed E-state index contributed by atoms with van der Waals surface area (Å²) in [7, 11) is 1.91. The second-order valence-corrected chi connectivity index (χ2v) is 5.81. The number of aromatic nitrogens is 1. The standard InChI is InChI=1S/C16H21FN2/c1-11-10-19(2)16-14(11)7-13(8-15(16)17)6-12-4-3-5-18-9-12/h7-8,10,12,18H,3-6,9H2,1-2H3. The highest BCUT2D eigenvalue weighted by atomic mass is 19.1. The quantitative estimate of drug-likeness (QED) is 0.877. The Hall–Kier alpha value is -1.35. The van der Waals surface area contributed by atoms with E-state index in [0.717, 1.165) is 41.5 Å². The monoisotopic (exact) mass is 260 g/mol. The molecule has 0 aliphatic carbocycles. The van der Waals surface area contributed by atoms with E-state index in [4.69, 9.17) is 0 Å². The molecule has 0 bridgehead atoms. The summed E-state index contributed by atoms with van der Waals surface area (Å²) in [6, 6.07) is 3.89. The lowest BCUT2D eigenvalue weighted by molar-refractivity contribution is 0.376. The summed E-state index contributed by atoms with van der Waals surface area (Å²) in [6.07, 6.45) is 5.47. The first-order valence-electron chi connectivity index (χ1n) is 7.10. The van der Waals surface area contributed by atoms with Crippen LogP contribution in [0.25, 0.3) is 10.9 Å².